The summed E-state index contributed by atoms with van der Waals surface area (Å²) in [4.78, 5) is 26.9. The smallest absolute Gasteiger partial charge is 0.308 e. The molecule has 0 amide bonds. The Balaban J connectivity index is 0.000000267. The third-order valence-electron chi connectivity index (χ3n) is 20.6. The zero-order valence-corrected chi connectivity index (χ0v) is 64.6. The van der Waals surface area contributed by atoms with Crippen LogP contribution in [0, 0.1) is 11.8 Å². The summed E-state index contributed by atoms with van der Waals surface area (Å²) in [5, 5.41) is 20.7. The fourth-order valence-corrected chi connectivity index (χ4v) is 14.7. The summed E-state index contributed by atoms with van der Waals surface area (Å²) in [7, 11) is -4.31. The van der Waals surface area contributed by atoms with Gasteiger partial charge in [-0.1, -0.05) is 244 Å². The van der Waals surface area contributed by atoms with E-state index in [9.17, 15) is 19.8 Å². The van der Waals surface area contributed by atoms with Crippen molar-refractivity contribution >= 4 is 28.6 Å². The van der Waals surface area contributed by atoms with Crippen molar-refractivity contribution in [3.05, 3.63) is 229 Å². The van der Waals surface area contributed by atoms with Gasteiger partial charge in [0, 0.05) is 23.0 Å². The molecule has 4 heterocycles. The lowest BCUT2D eigenvalue weighted by atomic mass is 9.89. The minimum atomic E-state index is -2.19. The number of esters is 2. The zero-order chi connectivity index (χ0) is 72.3. The lowest BCUT2D eigenvalue weighted by Gasteiger charge is -2.40. The summed E-state index contributed by atoms with van der Waals surface area (Å²) < 4.78 is 52.3. The van der Waals surface area contributed by atoms with E-state index >= 15 is 0 Å². The van der Waals surface area contributed by atoms with Crippen LogP contribution in [0.4, 0.5) is 0 Å². The van der Waals surface area contributed by atoms with Crippen LogP contribution in [0.15, 0.2) is 206 Å². The molecule has 4 aromatic rings. The molecule has 12 nitrogen and oxygen atoms in total. The molecule has 14 heteroatoms. The highest BCUT2D eigenvalue weighted by Crippen LogP contribution is 2.46. The van der Waals surface area contributed by atoms with Crippen LogP contribution in [0.1, 0.15) is 183 Å². The van der Waals surface area contributed by atoms with Gasteiger partial charge < -0.3 is 47.5 Å². The second kappa shape index (κ2) is 35.6. The van der Waals surface area contributed by atoms with Gasteiger partial charge in [-0.2, -0.15) is 0 Å². The minimum absolute atomic E-state index is 0.00779. The number of aliphatic hydroxyl groups is 2. The Morgan fingerprint density at radius 1 is 0.551 bits per heavy atom. The summed E-state index contributed by atoms with van der Waals surface area (Å²) in [5.41, 5.74) is 3.38. The molecule has 0 radical (unpaired) electrons. The second-order valence-electron chi connectivity index (χ2n) is 31.6. The molecule has 8 rings (SSSR count). The Morgan fingerprint density at radius 2 is 0.908 bits per heavy atom. The van der Waals surface area contributed by atoms with Gasteiger partial charge in [-0.25, -0.2) is 0 Å². The highest BCUT2D eigenvalue weighted by atomic mass is 28.4. The lowest BCUT2D eigenvalue weighted by molar-refractivity contribution is -0.152. The van der Waals surface area contributed by atoms with Crippen molar-refractivity contribution in [2.45, 2.75) is 269 Å². The molecule has 0 aromatic heterocycles. The molecule has 4 aliphatic rings. The van der Waals surface area contributed by atoms with Crippen LogP contribution in [0.25, 0.3) is 0 Å². The van der Waals surface area contributed by atoms with Crippen LogP contribution in [0.2, 0.25) is 36.3 Å². The Kier molecular flexibility index (Phi) is 29.5. The molecule has 2 N–H and O–H groups in total. The summed E-state index contributed by atoms with van der Waals surface area (Å²) in [5.74, 6) is -0.703. The third-order valence-corrected chi connectivity index (χ3v) is 29.7. The summed E-state index contributed by atoms with van der Waals surface area (Å²) in [6.45, 7) is 45.5. The van der Waals surface area contributed by atoms with Gasteiger partial charge in [0.25, 0.3) is 0 Å². The highest BCUT2D eigenvalue weighted by Gasteiger charge is 2.49. The van der Waals surface area contributed by atoms with Gasteiger partial charge in [0.1, 0.15) is 24.4 Å². The predicted molar refractivity (Wildman–Crippen MR) is 403 cm³/mol. The molecule has 4 unspecified atom stereocenters. The number of ether oxygens (including phenoxy) is 6. The zero-order valence-electron chi connectivity index (χ0n) is 62.6. The molecule has 4 aromatic carbocycles. The SMILES string of the molecule is C/C(=C\C=C\C(C)(O)CCc1ccccc1)[C@H]1OC(=O)C[C@H](O[Si](C)(C)C(C)(C)C)CC[C@@]2(C)OC(c3ccccc3)O[C@H]2/C=C/[C@@H]1C.C=C/C=C(\C)[C@H]1OC(=O)C[C@H](O[Si](C)(C)C(C)(C)C)CC[C@@]2(C)OC(c3ccccc3)O[C@H]2/C=C/[C@@H]1C.C=CC(C)(O)CCc1ccccc1. The molecular formula is C84H120O12Si2. The fraction of sp³-hybridized carbons (Fsp3) is 0.524. The van der Waals surface area contributed by atoms with Crippen molar-refractivity contribution in [1.82, 2.24) is 0 Å². The molecule has 0 aliphatic carbocycles. The lowest BCUT2D eigenvalue weighted by Crippen LogP contribution is -2.45. The first kappa shape index (κ1) is 81.1. The number of rotatable bonds is 18. The summed E-state index contributed by atoms with van der Waals surface area (Å²) >= 11 is 0. The standard InChI is InChI=1S/C41H58O6Si.C31H46O5Si.C12H16O/c1-30(17-16-26-40(6,43)27-24-32-18-12-10-13-19-32)37-31(2)22-23-35-41(7,46-38(44-35)33-20-14-11-15-21-33)28-25-34(29-36(42)45-37)47-48(8,9)39(3,4)5;1-10-14-22(2)28-23(3)17-18-26-31(7,35-29(33-26)24-15-12-11-13-16-24)20-19-25(21-27(32)34-28)36-37(8,9)30(4,5)6;1-3-12(2,13)10-9-11-7-5-4-6-8-11/h10-23,26,31,34-35,37-38,43H,24-25,27-29H2,1-9H3;10-18,23,25-26,28-29H,1,19-21H2,2-9H3;3-8,13H,1,9-10H2,2H3/b23-22+,26-16+,30-17+;18-17+,22-14+;/t31-,34+,35-,37+,38?,40?,41+;23-,25+,26-,28+,29?,31+;/m00./s1. The van der Waals surface area contributed by atoms with Crippen LogP contribution in [0.5, 0.6) is 0 Å². The van der Waals surface area contributed by atoms with Crippen molar-refractivity contribution < 1.29 is 57.1 Å². The van der Waals surface area contributed by atoms with Crippen LogP contribution >= 0.6 is 0 Å². The average Bonchev–Trinajstić information content (AvgIpc) is 1.63. The molecule has 0 bridgehead atoms. The molecular weight excluding hydrogens is 1260 g/mol. The molecule has 2 fully saturated rings. The number of allylic oxidation sites excluding steroid dienone is 4. The van der Waals surface area contributed by atoms with Crippen molar-refractivity contribution in [3.63, 3.8) is 0 Å². The average molecular weight is 1380 g/mol. The molecule has 2 saturated heterocycles. The molecule has 14 atom stereocenters. The Morgan fingerprint density at radius 3 is 1.27 bits per heavy atom. The van der Waals surface area contributed by atoms with E-state index in [1.54, 1.807) is 19.1 Å². The number of fused-ring (bicyclic) bond motifs is 2. The molecule has 0 saturated carbocycles. The highest BCUT2D eigenvalue weighted by molar-refractivity contribution is 6.74. The first-order valence-corrected chi connectivity index (χ1v) is 41.4. The normalized spacial score (nSPS) is 29.0. The quantitative estimate of drug-likeness (QED) is 0.0423. The topological polar surface area (TPSA) is 148 Å². The fourth-order valence-electron chi connectivity index (χ4n) is 11.9. The summed E-state index contributed by atoms with van der Waals surface area (Å²) in [6.07, 6.45) is 22.3. The maximum atomic E-state index is 13.7. The van der Waals surface area contributed by atoms with E-state index in [0.717, 1.165) is 41.5 Å². The molecule has 4 aliphatic heterocycles. The Bertz CT molecular complexity index is 3300. The van der Waals surface area contributed by atoms with Gasteiger partial charge in [-0.15, -0.1) is 6.58 Å². The van der Waals surface area contributed by atoms with E-state index in [2.05, 4.69) is 157 Å². The van der Waals surface area contributed by atoms with Gasteiger partial charge in [-0.05, 0) is 151 Å². The van der Waals surface area contributed by atoms with Crippen LogP contribution in [0.3, 0.4) is 0 Å². The van der Waals surface area contributed by atoms with Crippen molar-refractivity contribution in [2.24, 2.45) is 11.8 Å². The number of benzene rings is 4. The van der Waals surface area contributed by atoms with E-state index in [-0.39, 0.29) is 71.1 Å². The monoisotopic (exact) mass is 1380 g/mol. The van der Waals surface area contributed by atoms with Crippen molar-refractivity contribution in [2.75, 3.05) is 0 Å². The van der Waals surface area contributed by atoms with Gasteiger partial charge in [0.15, 0.2) is 29.2 Å². The predicted octanol–water partition coefficient (Wildman–Crippen LogP) is 19.7. The maximum absolute atomic E-state index is 13.7. The van der Waals surface area contributed by atoms with Crippen LogP contribution in [-0.4, -0.2) is 97.8 Å². The van der Waals surface area contributed by atoms with Crippen molar-refractivity contribution in [3.8, 4) is 0 Å². The Hall–Kier alpha value is -5.89. The van der Waals surface area contributed by atoms with E-state index < -0.39 is 63.8 Å². The number of carbonyl (C=O) groups is 2. The van der Waals surface area contributed by atoms with E-state index in [4.69, 9.17) is 37.3 Å². The van der Waals surface area contributed by atoms with Gasteiger partial charge >= 0.3 is 11.9 Å². The van der Waals surface area contributed by atoms with E-state index in [1.807, 2.05) is 142 Å². The summed E-state index contributed by atoms with van der Waals surface area (Å²) in [6, 6.07) is 40.4. The van der Waals surface area contributed by atoms with Gasteiger partial charge in [-0.3, -0.25) is 9.59 Å². The van der Waals surface area contributed by atoms with Crippen molar-refractivity contribution in [1.29, 1.82) is 0 Å². The van der Waals surface area contributed by atoms with Gasteiger partial charge in [0.05, 0.1) is 47.5 Å². The van der Waals surface area contributed by atoms with E-state index in [0.29, 0.717) is 32.1 Å². The maximum Gasteiger partial charge on any atom is 0.308 e. The van der Waals surface area contributed by atoms with E-state index in [1.165, 1.54) is 11.1 Å². The Labute approximate surface area is 591 Å². The second-order valence-corrected chi connectivity index (χ2v) is 41.1. The molecule has 536 valence electrons. The van der Waals surface area contributed by atoms with Crippen LogP contribution in [-0.2, 0) is 59.7 Å². The molecule has 98 heavy (non-hydrogen) atoms. The minimum Gasteiger partial charge on any atom is -0.457 e. The largest absolute Gasteiger partial charge is 0.457 e. The number of carbonyl (C=O) groups excluding carboxylic acids is 2. The molecule has 0 spiro atoms. The number of aryl methyl sites for hydroxylation is 2. The van der Waals surface area contributed by atoms with Gasteiger partial charge in [0.2, 0.25) is 0 Å². The first-order chi connectivity index (χ1) is 45.9. The number of hydrogen-bond acceptors (Lipinski definition) is 12. The number of cyclic esters (lactones) is 2. The first-order valence-electron chi connectivity index (χ1n) is 35.6. The third kappa shape index (κ3) is 24.4. The van der Waals surface area contributed by atoms with Crippen LogP contribution < -0.4 is 0 Å². The number of hydrogen-bond donors (Lipinski definition) is 2.